The van der Waals surface area contributed by atoms with Crippen LogP contribution in [0.3, 0.4) is 0 Å². The molecule has 2 amide bonds. The largest absolute Gasteiger partial charge is 0.496 e. The Balaban J connectivity index is 1.45. The highest BCUT2D eigenvalue weighted by Crippen LogP contribution is 2.23. The monoisotopic (exact) mass is 462 g/mol. The molecule has 1 N–H and O–H groups in total. The Morgan fingerprint density at radius 1 is 1.25 bits per heavy atom. The van der Waals surface area contributed by atoms with E-state index >= 15 is 0 Å². The molecule has 0 radical (unpaired) electrons. The van der Waals surface area contributed by atoms with Gasteiger partial charge in [-0.1, -0.05) is 18.2 Å². The van der Waals surface area contributed by atoms with Crippen LogP contribution in [0.4, 0.5) is 0 Å². The fraction of sp³-hybridized carbons (Fsp3) is 0.333. The Morgan fingerprint density at radius 3 is 2.68 bits per heavy atom. The normalized spacial score (nSPS) is 15.0. The number of nitrogens with one attached hydrogen (secondary N) is 1. The summed E-state index contributed by atoms with van der Waals surface area (Å²) in [5, 5.41) is 3.03. The maximum atomic E-state index is 12.6. The molecular formula is C21H23BrN2O3S. The third-order valence-corrected chi connectivity index (χ3v) is 6.31. The first-order valence-corrected chi connectivity index (χ1v) is 10.8. The summed E-state index contributed by atoms with van der Waals surface area (Å²) in [6.45, 7) is 1.31. The number of nitrogens with zero attached hydrogens (tertiary/aromatic N) is 1. The molecule has 2 aromatic rings. The van der Waals surface area contributed by atoms with Gasteiger partial charge in [0.2, 0.25) is 11.8 Å². The summed E-state index contributed by atoms with van der Waals surface area (Å²) in [6.07, 6.45) is 5.25. The molecule has 1 aromatic carbocycles. The van der Waals surface area contributed by atoms with Crippen LogP contribution in [0.2, 0.25) is 0 Å². The van der Waals surface area contributed by atoms with Crippen LogP contribution in [-0.4, -0.2) is 43.0 Å². The average Bonchev–Trinajstić information content (AvgIpc) is 3.12. The van der Waals surface area contributed by atoms with Gasteiger partial charge in [-0.15, -0.1) is 11.3 Å². The number of piperidine rings is 1. The van der Waals surface area contributed by atoms with Crippen LogP contribution < -0.4 is 10.1 Å². The number of thiophene rings is 1. The van der Waals surface area contributed by atoms with Gasteiger partial charge in [-0.2, -0.15) is 0 Å². The van der Waals surface area contributed by atoms with Crippen molar-refractivity contribution >= 4 is 45.2 Å². The lowest BCUT2D eigenvalue weighted by Gasteiger charge is -2.32. The molecule has 1 aliphatic heterocycles. The Kier molecular flexibility index (Phi) is 7.28. The van der Waals surface area contributed by atoms with E-state index in [9.17, 15) is 9.59 Å². The van der Waals surface area contributed by atoms with Crippen LogP contribution in [0.1, 0.15) is 23.3 Å². The van der Waals surface area contributed by atoms with Crippen molar-refractivity contribution in [2.75, 3.05) is 20.2 Å². The molecule has 148 valence electrons. The number of likely N-dealkylation sites (tertiary alicyclic amines) is 1. The van der Waals surface area contributed by atoms with Gasteiger partial charge in [-0.25, -0.2) is 0 Å². The second-order valence-electron chi connectivity index (χ2n) is 6.63. The molecule has 5 nitrogen and oxygen atoms in total. The van der Waals surface area contributed by atoms with E-state index in [1.165, 1.54) is 0 Å². The van der Waals surface area contributed by atoms with Crippen molar-refractivity contribution < 1.29 is 14.3 Å². The first-order valence-electron chi connectivity index (χ1n) is 9.18. The minimum absolute atomic E-state index is 0.0941. The lowest BCUT2D eigenvalue weighted by atomic mass is 10.0. The van der Waals surface area contributed by atoms with Gasteiger partial charge in [0.25, 0.3) is 0 Å². The van der Waals surface area contributed by atoms with Crippen molar-refractivity contribution in [2.24, 2.45) is 0 Å². The zero-order valence-corrected chi connectivity index (χ0v) is 18.1. The Labute approximate surface area is 177 Å². The highest BCUT2D eigenvalue weighted by molar-refractivity contribution is 9.11. The zero-order chi connectivity index (χ0) is 19.9. The van der Waals surface area contributed by atoms with E-state index in [4.69, 9.17) is 4.74 Å². The minimum atomic E-state index is -0.0941. The number of methoxy groups -OCH3 is 1. The SMILES string of the molecule is COc1ccccc1CC(=O)N1CCC(NC(=O)/C=C/c2ccc(Br)s2)CC1. The van der Waals surface area contributed by atoms with Gasteiger partial charge in [-0.05, 0) is 53.0 Å². The van der Waals surface area contributed by atoms with Crippen LogP contribution in [0, 0.1) is 0 Å². The summed E-state index contributed by atoms with van der Waals surface area (Å²) in [5.74, 6) is 0.739. The molecule has 2 heterocycles. The number of halogens is 1. The van der Waals surface area contributed by atoms with E-state index in [-0.39, 0.29) is 17.9 Å². The molecular weight excluding hydrogens is 440 g/mol. The van der Waals surface area contributed by atoms with Crippen LogP contribution in [0.5, 0.6) is 5.75 Å². The van der Waals surface area contributed by atoms with Crippen molar-refractivity contribution in [1.29, 1.82) is 0 Å². The van der Waals surface area contributed by atoms with Crippen molar-refractivity contribution in [3.05, 3.63) is 56.7 Å². The second-order valence-corrected chi connectivity index (χ2v) is 9.12. The minimum Gasteiger partial charge on any atom is -0.496 e. The average molecular weight is 463 g/mol. The molecule has 1 saturated heterocycles. The fourth-order valence-electron chi connectivity index (χ4n) is 3.22. The highest BCUT2D eigenvalue weighted by Gasteiger charge is 2.24. The molecule has 0 spiro atoms. The summed E-state index contributed by atoms with van der Waals surface area (Å²) >= 11 is 4.99. The fourth-order valence-corrected chi connectivity index (χ4v) is 4.55. The summed E-state index contributed by atoms with van der Waals surface area (Å²) < 4.78 is 6.36. The highest BCUT2D eigenvalue weighted by atomic mass is 79.9. The van der Waals surface area contributed by atoms with Gasteiger partial charge >= 0.3 is 0 Å². The molecule has 0 bridgehead atoms. The Bertz CT molecular complexity index is 857. The number of rotatable bonds is 6. The van der Waals surface area contributed by atoms with Crippen molar-refractivity contribution in [1.82, 2.24) is 10.2 Å². The van der Waals surface area contributed by atoms with Gasteiger partial charge < -0.3 is 15.0 Å². The molecule has 3 rings (SSSR count). The van der Waals surface area contributed by atoms with Gasteiger partial charge in [0.15, 0.2) is 0 Å². The van der Waals surface area contributed by atoms with Gasteiger partial charge in [0, 0.05) is 35.6 Å². The molecule has 0 saturated carbocycles. The third-order valence-electron chi connectivity index (χ3n) is 4.72. The van der Waals surface area contributed by atoms with Gasteiger partial charge in [0.05, 0.1) is 17.3 Å². The second kappa shape index (κ2) is 9.89. The number of para-hydroxylation sites is 1. The van der Waals surface area contributed by atoms with Crippen LogP contribution in [0.25, 0.3) is 6.08 Å². The summed E-state index contributed by atoms with van der Waals surface area (Å²) in [7, 11) is 1.61. The number of hydrogen-bond donors (Lipinski definition) is 1. The first-order chi connectivity index (χ1) is 13.5. The van der Waals surface area contributed by atoms with Crippen molar-refractivity contribution in [2.45, 2.75) is 25.3 Å². The summed E-state index contributed by atoms with van der Waals surface area (Å²) in [5.41, 5.74) is 0.899. The van der Waals surface area contributed by atoms with E-state index < -0.39 is 0 Å². The first kappa shape index (κ1) is 20.6. The maximum Gasteiger partial charge on any atom is 0.244 e. The molecule has 1 aliphatic rings. The number of ether oxygens (including phenoxy) is 1. The lowest BCUT2D eigenvalue weighted by molar-refractivity contribution is -0.131. The number of amides is 2. The topological polar surface area (TPSA) is 58.6 Å². The molecule has 0 unspecified atom stereocenters. The number of benzene rings is 1. The van der Waals surface area contributed by atoms with Crippen LogP contribution >= 0.6 is 27.3 Å². The number of carbonyl (C=O) groups excluding carboxylic acids is 2. The lowest BCUT2D eigenvalue weighted by Crippen LogP contribution is -2.46. The zero-order valence-electron chi connectivity index (χ0n) is 15.7. The smallest absolute Gasteiger partial charge is 0.244 e. The quantitative estimate of drug-likeness (QED) is 0.662. The number of carbonyl (C=O) groups is 2. The molecule has 0 aliphatic carbocycles. The predicted octanol–water partition coefficient (Wildman–Crippen LogP) is 3.88. The van der Waals surface area contributed by atoms with E-state index in [1.54, 1.807) is 24.5 Å². The third kappa shape index (κ3) is 5.69. The summed E-state index contributed by atoms with van der Waals surface area (Å²) in [6, 6.07) is 11.6. The Morgan fingerprint density at radius 2 is 2.00 bits per heavy atom. The Hall–Kier alpha value is -2.12. The standard InChI is InChI=1S/C21H23BrN2O3S/c1-27-18-5-3-2-4-15(18)14-21(26)24-12-10-16(11-13-24)23-20(25)9-7-17-6-8-19(22)28-17/h2-9,16H,10-14H2,1H3,(H,23,25)/b9-7+. The molecule has 1 aromatic heterocycles. The predicted molar refractivity (Wildman–Crippen MR) is 115 cm³/mol. The van der Waals surface area contributed by atoms with E-state index in [2.05, 4.69) is 21.2 Å². The maximum absolute atomic E-state index is 12.6. The van der Waals surface area contributed by atoms with Gasteiger partial charge in [0.1, 0.15) is 5.75 Å². The molecule has 1 fully saturated rings. The van der Waals surface area contributed by atoms with E-state index in [1.807, 2.05) is 47.4 Å². The van der Waals surface area contributed by atoms with E-state index in [0.29, 0.717) is 19.5 Å². The van der Waals surface area contributed by atoms with Crippen molar-refractivity contribution in [3.63, 3.8) is 0 Å². The molecule has 7 heteroatoms. The van der Waals surface area contributed by atoms with E-state index in [0.717, 1.165) is 32.8 Å². The van der Waals surface area contributed by atoms with Crippen LogP contribution in [-0.2, 0) is 16.0 Å². The van der Waals surface area contributed by atoms with Crippen LogP contribution in [0.15, 0.2) is 46.3 Å². The number of hydrogen-bond acceptors (Lipinski definition) is 4. The summed E-state index contributed by atoms with van der Waals surface area (Å²) in [4.78, 5) is 27.6. The molecule has 0 atom stereocenters. The molecule has 28 heavy (non-hydrogen) atoms. The van der Waals surface area contributed by atoms with Crippen molar-refractivity contribution in [3.8, 4) is 5.75 Å². The van der Waals surface area contributed by atoms with Gasteiger partial charge in [-0.3, -0.25) is 9.59 Å².